The van der Waals surface area contributed by atoms with Gasteiger partial charge in [0.05, 0.1) is 17.0 Å². The number of hydrogen-bond acceptors (Lipinski definition) is 5. The number of carbonyl (C=O) groups is 1. The van der Waals surface area contributed by atoms with E-state index in [4.69, 9.17) is 22.6 Å². The van der Waals surface area contributed by atoms with Gasteiger partial charge in [0.1, 0.15) is 6.54 Å². The number of carbonyl (C=O) groups excluding carboxylic acids is 1. The highest BCUT2D eigenvalue weighted by Crippen LogP contribution is 2.39. The van der Waals surface area contributed by atoms with Gasteiger partial charge in [0, 0.05) is 16.8 Å². The van der Waals surface area contributed by atoms with Gasteiger partial charge in [-0.3, -0.25) is 4.79 Å². The van der Waals surface area contributed by atoms with E-state index < -0.39 is 40.5 Å². The lowest BCUT2D eigenvalue weighted by Gasteiger charge is -2.33. The second kappa shape index (κ2) is 10.8. The number of nitriles is 1. The molecule has 11 heteroatoms. The van der Waals surface area contributed by atoms with Gasteiger partial charge in [0.15, 0.2) is 15.9 Å². The number of sulfone groups is 1. The van der Waals surface area contributed by atoms with Crippen LogP contribution in [-0.4, -0.2) is 44.2 Å². The highest BCUT2D eigenvalue weighted by atomic mass is 35.5. The van der Waals surface area contributed by atoms with E-state index in [2.05, 4.69) is 0 Å². The molecule has 184 valence electrons. The van der Waals surface area contributed by atoms with E-state index in [9.17, 15) is 26.4 Å². The van der Waals surface area contributed by atoms with Crippen LogP contribution in [-0.2, 0) is 14.6 Å². The number of hydrogen-bond donors (Lipinski definition) is 1. The van der Waals surface area contributed by atoms with E-state index in [0.29, 0.717) is 16.0 Å². The Hall–Kier alpha value is -2.61. The van der Waals surface area contributed by atoms with Crippen molar-refractivity contribution in [2.75, 3.05) is 12.8 Å². The molecule has 0 aliphatic carbocycles. The van der Waals surface area contributed by atoms with Crippen molar-refractivity contribution in [3.8, 4) is 17.2 Å². The first-order valence-electron chi connectivity index (χ1n) is 10.3. The monoisotopic (exact) mass is 515 g/mol. The van der Waals surface area contributed by atoms with Gasteiger partial charge in [-0.2, -0.15) is 18.4 Å². The molecule has 1 amide bonds. The van der Waals surface area contributed by atoms with Crippen LogP contribution in [0.15, 0.2) is 47.4 Å². The molecule has 0 fully saturated rings. The van der Waals surface area contributed by atoms with Gasteiger partial charge >= 0.3 is 6.18 Å². The van der Waals surface area contributed by atoms with E-state index in [-0.39, 0.29) is 27.8 Å². The summed E-state index contributed by atoms with van der Waals surface area (Å²) < 4.78 is 65.7. The van der Waals surface area contributed by atoms with Gasteiger partial charge in [-0.15, -0.1) is 0 Å². The van der Waals surface area contributed by atoms with Crippen LogP contribution in [0.3, 0.4) is 0 Å². The molecule has 0 unspecified atom stereocenters. The van der Waals surface area contributed by atoms with Gasteiger partial charge in [-0.1, -0.05) is 55.8 Å². The van der Waals surface area contributed by atoms with Gasteiger partial charge < -0.3 is 10.6 Å². The molecule has 0 saturated carbocycles. The molecule has 0 aromatic heterocycles. The normalized spacial score (nSPS) is 13.9. The Kier molecular flexibility index (Phi) is 8.75. The first-order chi connectivity index (χ1) is 15.7. The Morgan fingerprint density at radius 3 is 2.21 bits per heavy atom. The molecule has 0 spiro atoms. The summed E-state index contributed by atoms with van der Waals surface area (Å²) in [7, 11) is -3.48. The second-order valence-electron chi connectivity index (χ2n) is 8.34. The lowest BCUT2D eigenvalue weighted by atomic mass is 9.97. The molecule has 2 rings (SSSR count). The van der Waals surface area contributed by atoms with Crippen LogP contribution in [0.1, 0.15) is 31.9 Å². The zero-order chi connectivity index (χ0) is 25.8. The fraction of sp³-hybridized carbons (Fsp3) is 0.391. The highest BCUT2D eigenvalue weighted by Gasteiger charge is 2.47. The smallest absolute Gasteiger partial charge is 0.320 e. The van der Waals surface area contributed by atoms with Crippen molar-refractivity contribution in [2.24, 2.45) is 11.7 Å². The van der Waals surface area contributed by atoms with Crippen LogP contribution in [0.25, 0.3) is 11.1 Å². The lowest BCUT2D eigenvalue weighted by Crippen LogP contribution is -2.49. The topological polar surface area (TPSA) is 104 Å². The van der Waals surface area contributed by atoms with E-state index in [1.165, 1.54) is 42.5 Å². The fourth-order valence-electron chi connectivity index (χ4n) is 3.55. The molecule has 34 heavy (non-hydrogen) atoms. The molecule has 2 atom stereocenters. The van der Waals surface area contributed by atoms with Gasteiger partial charge in [0.2, 0.25) is 5.91 Å². The van der Waals surface area contributed by atoms with E-state index in [1.807, 2.05) is 0 Å². The average molecular weight is 516 g/mol. The van der Waals surface area contributed by atoms with Crippen LogP contribution in [0.2, 0.25) is 5.02 Å². The third-order valence-electron chi connectivity index (χ3n) is 5.09. The van der Waals surface area contributed by atoms with Gasteiger partial charge in [-0.25, -0.2) is 8.42 Å². The third-order valence-corrected chi connectivity index (χ3v) is 6.52. The summed E-state index contributed by atoms with van der Waals surface area (Å²) in [5.41, 5.74) is 6.47. The Labute approximate surface area is 202 Å². The maximum absolute atomic E-state index is 14.1. The molecule has 2 aromatic rings. The van der Waals surface area contributed by atoms with Crippen molar-refractivity contribution in [1.29, 1.82) is 5.26 Å². The number of nitrogens with zero attached hydrogens (tertiary/aromatic N) is 2. The number of halogens is 4. The predicted octanol–water partition coefficient (Wildman–Crippen LogP) is 4.74. The van der Waals surface area contributed by atoms with E-state index in [0.717, 1.165) is 6.26 Å². The molecule has 0 bridgehead atoms. The summed E-state index contributed by atoms with van der Waals surface area (Å²) in [5.74, 6) is -0.980. The Balaban J connectivity index is 2.47. The molecule has 0 saturated heterocycles. The number of amides is 1. The van der Waals surface area contributed by atoms with Crippen LogP contribution < -0.4 is 5.73 Å². The first kappa shape index (κ1) is 27.6. The standard InChI is InChI=1S/C23H25ClF3N3O3S/c1-14(2)12-20(29)22(31)30(11-10-28)21(23(25,26)27)16-6-4-15(5-7-16)18-9-8-17(13-19(18)24)34(3,32)33/h4-9,13-14,20-21H,11-12,29H2,1-3H3/t20-,21-/m0/s1. The summed E-state index contributed by atoms with van der Waals surface area (Å²) >= 11 is 6.21. The SMILES string of the molecule is CC(C)C[C@H](N)C(=O)N(CC#N)[C@@H](c1ccc(-c2ccc(S(C)(=O)=O)cc2Cl)cc1)C(F)(F)F. The van der Waals surface area contributed by atoms with Crippen molar-refractivity contribution < 1.29 is 26.4 Å². The highest BCUT2D eigenvalue weighted by molar-refractivity contribution is 7.90. The van der Waals surface area contributed by atoms with Crippen molar-refractivity contribution in [3.63, 3.8) is 0 Å². The molecular formula is C23H25ClF3N3O3S. The van der Waals surface area contributed by atoms with Crippen LogP contribution in [0.4, 0.5) is 13.2 Å². The number of nitrogens with two attached hydrogens (primary N) is 1. The lowest BCUT2D eigenvalue weighted by molar-refractivity contribution is -0.191. The zero-order valence-corrected chi connectivity index (χ0v) is 20.4. The van der Waals surface area contributed by atoms with Crippen molar-refractivity contribution in [2.45, 2.75) is 43.4 Å². The molecule has 2 N–H and O–H groups in total. The number of rotatable bonds is 8. The molecular weight excluding hydrogens is 491 g/mol. The Morgan fingerprint density at radius 1 is 1.18 bits per heavy atom. The molecule has 0 heterocycles. The summed E-state index contributed by atoms with van der Waals surface area (Å²) in [6.45, 7) is 2.79. The largest absolute Gasteiger partial charge is 0.413 e. The molecule has 0 radical (unpaired) electrons. The quantitative estimate of drug-likeness (QED) is 0.511. The molecule has 0 aliphatic heterocycles. The average Bonchev–Trinajstić information content (AvgIpc) is 2.71. The van der Waals surface area contributed by atoms with E-state index in [1.54, 1.807) is 19.9 Å². The van der Waals surface area contributed by atoms with Gasteiger partial charge in [-0.05, 0) is 35.6 Å². The maximum atomic E-state index is 14.1. The molecule has 6 nitrogen and oxygen atoms in total. The Bertz CT molecular complexity index is 1180. The summed E-state index contributed by atoms with van der Waals surface area (Å²) in [5, 5.41) is 9.22. The van der Waals surface area contributed by atoms with Gasteiger partial charge in [0.25, 0.3) is 0 Å². The number of benzene rings is 2. The maximum Gasteiger partial charge on any atom is 0.413 e. The third kappa shape index (κ3) is 6.72. The van der Waals surface area contributed by atoms with Crippen LogP contribution in [0, 0.1) is 17.2 Å². The Morgan fingerprint density at radius 2 is 1.76 bits per heavy atom. The fourth-order valence-corrected chi connectivity index (χ4v) is 4.55. The minimum absolute atomic E-state index is 0.0124. The minimum atomic E-state index is -4.86. The van der Waals surface area contributed by atoms with Crippen molar-refractivity contribution >= 4 is 27.3 Å². The summed E-state index contributed by atoms with van der Waals surface area (Å²) in [4.78, 5) is 13.2. The van der Waals surface area contributed by atoms with Crippen LogP contribution >= 0.6 is 11.6 Å². The minimum Gasteiger partial charge on any atom is -0.320 e. The zero-order valence-electron chi connectivity index (χ0n) is 18.8. The predicted molar refractivity (Wildman–Crippen MR) is 124 cm³/mol. The van der Waals surface area contributed by atoms with Crippen LogP contribution in [0.5, 0.6) is 0 Å². The van der Waals surface area contributed by atoms with Crippen molar-refractivity contribution in [3.05, 3.63) is 53.1 Å². The molecule has 2 aromatic carbocycles. The van der Waals surface area contributed by atoms with Crippen molar-refractivity contribution in [1.82, 2.24) is 4.90 Å². The first-order valence-corrected chi connectivity index (χ1v) is 12.5. The number of alkyl halides is 3. The molecule has 0 aliphatic rings. The second-order valence-corrected chi connectivity index (χ2v) is 10.8. The van der Waals surface area contributed by atoms with E-state index >= 15 is 0 Å². The summed E-state index contributed by atoms with van der Waals surface area (Å²) in [6, 6.07) is 7.33. The summed E-state index contributed by atoms with van der Waals surface area (Å²) in [6.07, 6.45) is -3.65.